The van der Waals surface area contributed by atoms with Crippen molar-refractivity contribution in [2.75, 3.05) is 18.1 Å². The zero-order valence-electron chi connectivity index (χ0n) is 17.7. The van der Waals surface area contributed by atoms with Gasteiger partial charge in [0, 0.05) is 17.7 Å². The van der Waals surface area contributed by atoms with Crippen molar-refractivity contribution in [3.05, 3.63) is 75.2 Å². The minimum absolute atomic E-state index is 0.109. The Morgan fingerprint density at radius 3 is 2.62 bits per heavy atom. The number of nitro benzene ring substituents is 1. The second-order valence-electron chi connectivity index (χ2n) is 6.66. The molecule has 0 saturated carbocycles. The summed E-state index contributed by atoms with van der Waals surface area (Å²) in [5, 5.41) is 11.1. The molecule has 0 aliphatic carbocycles. The van der Waals surface area contributed by atoms with E-state index in [0.29, 0.717) is 46.0 Å². The lowest BCUT2D eigenvalue weighted by molar-refractivity contribution is -0.384. The fourth-order valence-electron chi connectivity index (χ4n) is 3.23. The number of nitrogens with zero attached hydrogens (tertiary/aromatic N) is 2. The molecule has 0 atom stereocenters. The van der Waals surface area contributed by atoms with E-state index in [9.17, 15) is 14.9 Å². The molecule has 9 heteroatoms. The van der Waals surface area contributed by atoms with Gasteiger partial charge in [0.1, 0.15) is 0 Å². The van der Waals surface area contributed by atoms with Crippen molar-refractivity contribution < 1.29 is 19.2 Å². The Hall–Kier alpha value is -3.17. The molecule has 0 bridgehead atoms. The maximum atomic E-state index is 13.1. The smallest absolute Gasteiger partial charge is 0.271 e. The van der Waals surface area contributed by atoms with Crippen molar-refractivity contribution in [2.24, 2.45) is 0 Å². The Labute approximate surface area is 195 Å². The first-order chi connectivity index (χ1) is 15.4. The van der Waals surface area contributed by atoms with Crippen LogP contribution in [0.4, 0.5) is 11.4 Å². The molecule has 3 rings (SSSR count). The predicted molar refractivity (Wildman–Crippen MR) is 131 cm³/mol. The summed E-state index contributed by atoms with van der Waals surface area (Å²) in [5.74, 6) is 0.919. The average molecular weight is 471 g/mol. The summed E-state index contributed by atoms with van der Waals surface area (Å²) in [6.07, 6.45) is 4.09. The fraction of sp³-hybridized carbons (Fsp3) is 0.217. The first-order valence-corrected chi connectivity index (χ1v) is 11.2. The number of nitro groups is 1. The number of hydrogen-bond acceptors (Lipinski definition) is 7. The Balaban J connectivity index is 2.00. The first kappa shape index (κ1) is 23.5. The lowest BCUT2D eigenvalue weighted by Crippen LogP contribution is -2.27. The summed E-state index contributed by atoms with van der Waals surface area (Å²) in [5.41, 5.74) is 1.91. The number of benzene rings is 2. The Bertz CT molecular complexity index is 1110. The molecule has 1 aliphatic rings. The van der Waals surface area contributed by atoms with Crippen molar-refractivity contribution in [3.63, 3.8) is 0 Å². The highest BCUT2D eigenvalue weighted by molar-refractivity contribution is 8.27. The SMILES string of the molecule is C=CCc1cc(/C=C2\SC(=S)N(c3cccc([N+](=O)[O-])c3)C2=O)cc(OCC)c1OCC. The van der Waals surface area contributed by atoms with Gasteiger partial charge in [-0.3, -0.25) is 19.8 Å². The van der Waals surface area contributed by atoms with Crippen LogP contribution < -0.4 is 14.4 Å². The number of carbonyl (C=O) groups is 1. The second kappa shape index (κ2) is 10.4. The van der Waals surface area contributed by atoms with Crippen LogP contribution >= 0.6 is 24.0 Å². The molecular formula is C23H22N2O5S2. The maximum Gasteiger partial charge on any atom is 0.271 e. The van der Waals surface area contributed by atoms with Crippen LogP contribution in [0.15, 0.2) is 54.0 Å². The number of non-ortho nitro benzene ring substituents is 1. The van der Waals surface area contributed by atoms with Crippen LogP contribution in [-0.2, 0) is 11.2 Å². The van der Waals surface area contributed by atoms with Crippen molar-refractivity contribution in [3.8, 4) is 11.5 Å². The third-order valence-electron chi connectivity index (χ3n) is 4.50. The van der Waals surface area contributed by atoms with E-state index in [0.717, 1.165) is 22.9 Å². The molecule has 0 N–H and O–H groups in total. The van der Waals surface area contributed by atoms with E-state index in [-0.39, 0.29) is 11.6 Å². The number of rotatable bonds is 9. The second-order valence-corrected chi connectivity index (χ2v) is 8.34. The largest absolute Gasteiger partial charge is 0.490 e. The summed E-state index contributed by atoms with van der Waals surface area (Å²) in [4.78, 5) is 25.4. The van der Waals surface area contributed by atoms with Crippen LogP contribution in [0.1, 0.15) is 25.0 Å². The number of hydrogen-bond donors (Lipinski definition) is 0. The van der Waals surface area contributed by atoms with Gasteiger partial charge >= 0.3 is 0 Å². The monoisotopic (exact) mass is 470 g/mol. The molecule has 1 heterocycles. The molecular weight excluding hydrogens is 448 g/mol. The van der Waals surface area contributed by atoms with Gasteiger partial charge in [-0.05, 0) is 50.1 Å². The molecule has 7 nitrogen and oxygen atoms in total. The molecule has 0 aromatic heterocycles. The Morgan fingerprint density at radius 1 is 1.22 bits per heavy atom. The minimum atomic E-state index is -0.507. The third-order valence-corrected chi connectivity index (χ3v) is 5.80. The summed E-state index contributed by atoms with van der Waals surface area (Å²) >= 11 is 6.54. The van der Waals surface area contributed by atoms with Crippen LogP contribution in [0.2, 0.25) is 0 Å². The summed E-state index contributed by atoms with van der Waals surface area (Å²) in [6.45, 7) is 8.56. The molecule has 1 aliphatic heterocycles. The number of amides is 1. The highest BCUT2D eigenvalue weighted by Crippen LogP contribution is 2.39. The Kier molecular flexibility index (Phi) is 7.66. The highest BCUT2D eigenvalue weighted by atomic mass is 32.2. The van der Waals surface area contributed by atoms with E-state index < -0.39 is 4.92 Å². The topological polar surface area (TPSA) is 81.9 Å². The number of anilines is 1. The number of ether oxygens (including phenoxy) is 2. The van der Waals surface area contributed by atoms with Gasteiger partial charge in [-0.2, -0.15) is 0 Å². The van der Waals surface area contributed by atoms with Crippen molar-refractivity contribution in [1.82, 2.24) is 0 Å². The zero-order chi connectivity index (χ0) is 23.3. The molecule has 2 aromatic rings. The van der Waals surface area contributed by atoms with E-state index in [1.165, 1.54) is 23.1 Å². The van der Waals surface area contributed by atoms with Gasteiger partial charge < -0.3 is 9.47 Å². The van der Waals surface area contributed by atoms with Crippen molar-refractivity contribution in [2.45, 2.75) is 20.3 Å². The normalized spacial score (nSPS) is 14.7. The van der Waals surface area contributed by atoms with Gasteiger partial charge in [-0.1, -0.05) is 36.1 Å². The molecule has 0 spiro atoms. The predicted octanol–water partition coefficient (Wildman–Crippen LogP) is 5.53. The van der Waals surface area contributed by atoms with Crippen molar-refractivity contribution >= 4 is 51.7 Å². The molecule has 1 saturated heterocycles. The molecule has 32 heavy (non-hydrogen) atoms. The van der Waals surface area contributed by atoms with Crippen LogP contribution in [0.25, 0.3) is 6.08 Å². The van der Waals surface area contributed by atoms with Gasteiger partial charge in [0.15, 0.2) is 15.8 Å². The lowest BCUT2D eigenvalue weighted by Gasteiger charge is -2.16. The number of carbonyl (C=O) groups excluding carboxylic acids is 1. The van der Waals surface area contributed by atoms with Gasteiger partial charge in [-0.25, -0.2) is 0 Å². The van der Waals surface area contributed by atoms with Crippen LogP contribution in [0, 0.1) is 10.1 Å². The van der Waals surface area contributed by atoms with Gasteiger partial charge in [0.25, 0.3) is 11.6 Å². The third kappa shape index (κ3) is 5.00. The molecule has 0 unspecified atom stereocenters. The van der Waals surface area contributed by atoms with Crippen LogP contribution in [0.5, 0.6) is 11.5 Å². The first-order valence-electron chi connectivity index (χ1n) is 9.95. The van der Waals surface area contributed by atoms with Crippen molar-refractivity contribution in [1.29, 1.82) is 0 Å². The fourth-order valence-corrected chi connectivity index (χ4v) is 4.53. The summed E-state index contributed by atoms with van der Waals surface area (Å²) in [7, 11) is 0. The highest BCUT2D eigenvalue weighted by Gasteiger charge is 2.34. The van der Waals surface area contributed by atoms with Crippen LogP contribution in [-0.4, -0.2) is 28.4 Å². The van der Waals surface area contributed by atoms with E-state index >= 15 is 0 Å². The molecule has 166 valence electrons. The lowest BCUT2D eigenvalue weighted by atomic mass is 10.0. The molecule has 1 amide bonds. The zero-order valence-corrected chi connectivity index (χ0v) is 19.3. The molecule has 2 aromatic carbocycles. The number of allylic oxidation sites excluding steroid dienone is 1. The quantitative estimate of drug-likeness (QED) is 0.157. The average Bonchev–Trinajstić information content (AvgIpc) is 3.03. The van der Waals surface area contributed by atoms with E-state index in [4.69, 9.17) is 21.7 Å². The summed E-state index contributed by atoms with van der Waals surface area (Å²) < 4.78 is 11.9. The standard InChI is InChI=1S/C23H22N2O5S2/c1-4-8-16-11-15(12-19(29-5-2)21(16)30-6-3)13-20-22(26)24(23(31)32-20)17-9-7-10-18(14-17)25(27)28/h4,7,9-14H,1,5-6,8H2,2-3H3/b20-13-. The Morgan fingerprint density at radius 2 is 1.97 bits per heavy atom. The molecule has 0 radical (unpaired) electrons. The maximum absolute atomic E-state index is 13.1. The summed E-state index contributed by atoms with van der Waals surface area (Å²) in [6, 6.07) is 9.59. The van der Waals surface area contributed by atoms with Gasteiger partial charge in [-0.15, -0.1) is 6.58 Å². The number of thiocarbonyl (C=S) groups is 1. The van der Waals surface area contributed by atoms with E-state index in [2.05, 4.69) is 6.58 Å². The molecule has 1 fully saturated rings. The van der Waals surface area contributed by atoms with Gasteiger partial charge in [0.05, 0.1) is 28.7 Å². The van der Waals surface area contributed by atoms with E-state index in [1.54, 1.807) is 18.2 Å². The van der Waals surface area contributed by atoms with Crippen LogP contribution in [0.3, 0.4) is 0 Å². The number of thioether (sulfide) groups is 1. The van der Waals surface area contributed by atoms with E-state index in [1.807, 2.05) is 26.0 Å². The minimum Gasteiger partial charge on any atom is -0.490 e. The van der Waals surface area contributed by atoms with Gasteiger partial charge in [0.2, 0.25) is 0 Å².